The number of nitrogen functional groups attached to an aromatic ring is 1. The van der Waals surface area contributed by atoms with Gasteiger partial charge in [0.15, 0.2) is 5.69 Å². The number of piperidine rings is 1. The molecule has 33 heavy (non-hydrogen) atoms. The van der Waals surface area contributed by atoms with Crippen LogP contribution < -0.4 is 16.8 Å². The first-order valence-corrected chi connectivity index (χ1v) is 11.4. The molecule has 1 aliphatic heterocycles. The van der Waals surface area contributed by atoms with Crippen molar-refractivity contribution in [3.8, 4) is 0 Å². The Morgan fingerprint density at radius 3 is 2.76 bits per heavy atom. The van der Waals surface area contributed by atoms with Gasteiger partial charge in [-0.2, -0.15) is 5.10 Å². The zero-order valence-electron chi connectivity index (χ0n) is 17.6. The van der Waals surface area contributed by atoms with Gasteiger partial charge in [-0.15, -0.1) is 0 Å². The highest BCUT2D eigenvalue weighted by Crippen LogP contribution is 2.43. The number of pyridine rings is 1. The van der Waals surface area contributed by atoms with Crippen molar-refractivity contribution in [1.82, 2.24) is 19.7 Å². The average molecular weight is 512 g/mol. The maximum absolute atomic E-state index is 13.4. The number of hydrogen-bond donors (Lipinski definition) is 3. The lowest BCUT2D eigenvalue weighted by Crippen LogP contribution is -2.52. The molecule has 1 aromatic carbocycles. The summed E-state index contributed by atoms with van der Waals surface area (Å²) in [7, 11) is 0. The Kier molecular flexibility index (Phi) is 5.28. The van der Waals surface area contributed by atoms with E-state index < -0.39 is 11.9 Å². The molecule has 1 aliphatic carbocycles. The standard InChI is InChI=1S/C22H22BrN7O3/c23-16-2-1-3-17(26-16)27-22(33)20-11-4-6-13(8-11)30(20)18(31)10-29-15-7-5-12(24)9-14(15)19(28-29)21(25)32/h1-3,5,7,9,11,13,20H,4,6,8,10,24H2,(H2,25,32)(H,26,27,33)/t11-,13+,20-/m0/s1. The Morgan fingerprint density at radius 2 is 2.00 bits per heavy atom. The van der Waals surface area contributed by atoms with Crippen molar-refractivity contribution in [1.29, 1.82) is 0 Å². The van der Waals surface area contributed by atoms with E-state index in [1.807, 2.05) is 0 Å². The van der Waals surface area contributed by atoms with Gasteiger partial charge in [-0.25, -0.2) is 4.98 Å². The van der Waals surface area contributed by atoms with Crippen LogP contribution in [0.2, 0.25) is 0 Å². The maximum atomic E-state index is 13.4. The fourth-order valence-corrected chi connectivity index (χ4v) is 5.42. The van der Waals surface area contributed by atoms with E-state index in [4.69, 9.17) is 11.5 Å². The van der Waals surface area contributed by atoms with Gasteiger partial charge < -0.3 is 21.7 Å². The fourth-order valence-electron chi connectivity index (χ4n) is 5.07. The molecule has 0 unspecified atom stereocenters. The Balaban J connectivity index is 1.42. The smallest absolute Gasteiger partial charge is 0.269 e. The zero-order valence-corrected chi connectivity index (χ0v) is 19.2. The summed E-state index contributed by atoms with van der Waals surface area (Å²) in [5.41, 5.74) is 12.4. The SMILES string of the molecule is NC(=O)c1nn(CC(=O)N2[C@@H]3CC[C@@H](C3)[C@H]2C(=O)Nc2cccc(Br)n2)c2ccc(N)cc12. The molecule has 170 valence electrons. The number of aromatic nitrogens is 3. The van der Waals surface area contributed by atoms with Crippen LogP contribution in [0.25, 0.3) is 10.9 Å². The van der Waals surface area contributed by atoms with Crippen LogP contribution in [0.15, 0.2) is 41.0 Å². The minimum absolute atomic E-state index is 0.00167. The van der Waals surface area contributed by atoms with Gasteiger partial charge in [0.25, 0.3) is 5.91 Å². The molecule has 2 aliphatic rings. The molecule has 5 N–H and O–H groups in total. The fraction of sp³-hybridized carbons (Fsp3) is 0.318. The molecular weight excluding hydrogens is 490 g/mol. The first-order chi connectivity index (χ1) is 15.8. The van der Waals surface area contributed by atoms with Gasteiger partial charge in [0.1, 0.15) is 23.0 Å². The van der Waals surface area contributed by atoms with Crippen molar-refractivity contribution in [2.24, 2.45) is 11.7 Å². The zero-order chi connectivity index (χ0) is 23.3. The van der Waals surface area contributed by atoms with Gasteiger partial charge in [0.2, 0.25) is 11.8 Å². The number of hydrogen-bond acceptors (Lipinski definition) is 6. The normalized spacial score (nSPS) is 21.5. The van der Waals surface area contributed by atoms with E-state index in [0.717, 1.165) is 19.3 Å². The van der Waals surface area contributed by atoms with Crippen LogP contribution in [0.4, 0.5) is 11.5 Å². The number of halogens is 1. The first-order valence-electron chi connectivity index (χ1n) is 10.6. The molecule has 2 aromatic heterocycles. The van der Waals surface area contributed by atoms with Gasteiger partial charge in [-0.1, -0.05) is 6.07 Å². The van der Waals surface area contributed by atoms with Gasteiger partial charge in [0, 0.05) is 17.1 Å². The highest BCUT2D eigenvalue weighted by atomic mass is 79.9. The van der Waals surface area contributed by atoms with Crippen molar-refractivity contribution in [2.75, 3.05) is 11.1 Å². The predicted molar refractivity (Wildman–Crippen MR) is 125 cm³/mol. The summed E-state index contributed by atoms with van der Waals surface area (Å²) in [5.74, 6) is -0.664. The average Bonchev–Trinajstić information content (AvgIpc) is 3.46. The van der Waals surface area contributed by atoms with Gasteiger partial charge in [0.05, 0.1) is 5.52 Å². The van der Waals surface area contributed by atoms with Gasteiger partial charge in [-0.3, -0.25) is 19.1 Å². The molecule has 2 fully saturated rings. The number of fused-ring (bicyclic) bond motifs is 3. The van der Waals surface area contributed by atoms with Crippen LogP contribution in [0.5, 0.6) is 0 Å². The van der Waals surface area contributed by atoms with Crippen LogP contribution >= 0.6 is 15.9 Å². The summed E-state index contributed by atoms with van der Waals surface area (Å²) in [5, 5.41) is 7.61. The number of anilines is 2. The van der Waals surface area contributed by atoms with Crippen LogP contribution in [0.1, 0.15) is 29.8 Å². The molecule has 3 heterocycles. The minimum atomic E-state index is -0.698. The van der Waals surface area contributed by atoms with Crippen molar-refractivity contribution in [3.63, 3.8) is 0 Å². The summed E-state index contributed by atoms with van der Waals surface area (Å²) in [4.78, 5) is 44.4. The number of nitrogens with two attached hydrogens (primary N) is 2. The number of benzene rings is 1. The molecular formula is C22H22BrN7O3. The molecule has 2 bridgehead atoms. The first kappa shape index (κ1) is 21.4. The molecule has 3 atom stereocenters. The molecule has 1 saturated carbocycles. The molecule has 5 rings (SSSR count). The Morgan fingerprint density at radius 1 is 1.18 bits per heavy atom. The number of carbonyl (C=O) groups is 3. The van der Waals surface area contributed by atoms with Crippen LogP contribution in [0.3, 0.4) is 0 Å². The lowest BCUT2D eigenvalue weighted by molar-refractivity contribution is -0.141. The van der Waals surface area contributed by atoms with E-state index in [0.29, 0.717) is 27.0 Å². The highest BCUT2D eigenvalue weighted by Gasteiger charge is 2.51. The third-order valence-corrected chi connectivity index (χ3v) is 6.84. The number of rotatable bonds is 5. The monoisotopic (exact) mass is 511 g/mol. The lowest BCUT2D eigenvalue weighted by Gasteiger charge is -2.34. The van der Waals surface area contributed by atoms with E-state index in [1.54, 1.807) is 41.3 Å². The number of nitrogens with one attached hydrogen (secondary N) is 1. The van der Waals surface area contributed by atoms with Crippen molar-refractivity contribution in [2.45, 2.75) is 37.9 Å². The van der Waals surface area contributed by atoms with E-state index in [-0.39, 0.29) is 36.0 Å². The summed E-state index contributed by atoms with van der Waals surface area (Å²) in [6, 6.07) is 9.67. The number of carbonyl (C=O) groups excluding carboxylic acids is 3. The summed E-state index contributed by atoms with van der Waals surface area (Å²) < 4.78 is 2.06. The molecule has 0 spiro atoms. The summed E-state index contributed by atoms with van der Waals surface area (Å²) in [6.45, 7) is -0.115. The Labute approximate surface area is 197 Å². The van der Waals surface area contributed by atoms with Crippen LogP contribution in [0, 0.1) is 5.92 Å². The van der Waals surface area contributed by atoms with Crippen molar-refractivity contribution in [3.05, 3.63) is 46.7 Å². The van der Waals surface area contributed by atoms with Crippen molar-refractivity contribution < 1.29 is 14.4 Å². The predicted octanol–water partition coefficient (Wildman–Crippen LogP) is 1.89. The van der Waals surface area contributed by atoms with E-state index in [1.165, 1.54) is 4.68 Å². The summed E-state index contributed by atoms with van der Waals surface area (Å²) >= 11 is 3.30. The van der Waals surface area contributed by atoms with Gasteiger partial charge in [-0.05, 0) is 71.4 Å². The largest absolute Gasteiger partial charge is 0.399 e. The number of likely N-dealkylation sites (tertiary alicyclic amines) is 1. The highest BCUT2D eigenvalue weighted by molar-refractivity contribution is 9.10. The maximum Gasteiger partial charge on any atom is 0.269 e. The minimum Gasteiger partial charge on any atom is -0.399 e. The molecule has 10 nitrogen and oxygen atoms in total. The lowest BCUT2D eigenvalue weighted by atomic mass is 9.97. The molecule has 3 amide bonds. The topological polar surface area (TPSA) is 149 Å². The van der Waals surface area contributed by atoms with Crippen LogP contribution in [-0.2, 0) is 16.1 Å². The molecule has 3 aromatic rings. The summed E-state index contributed by atoms with van der Waals surface area (Å²) in [6.07, 6.45) is 2.55. The quantitative estimate of drug-likeness (QED) is 0.351. The Hall–Kier alpha value is -3.47. The van der Waals surface area contributed by atoms with E-state index in [2.05, 4.69) is 31.3 Å². The molecule has 1 saturated heterocycles. The number of primary amides is 1. The molecule has 11 heteroatoms. The van der Waals surface area contributed by atoms with E-state index >= 15 is 0 Å². The second-order valence-electron chi connectivity index (χ2n) is 8.45. The van der Waals surface area contributed by atoms with Crippen LogP contribution in [-0.4, -0.2) is 49.5 Å². The molecule has 0 radical (unpaired) electrons. The van der Waals surface area contributed by atoms with Gasteiger partial charge >= 0.3 is 0 Å². The third kappa shape index (κ3) is 3.82. The van der Waals surface area contributed by atoms with Crippen molar-refractivity contribution >= 4 is 56.1 Å². The number of nitrogens with zero attached hydrogens (tertiary/aromatic N) is 4. The second-order valence-corrected chi connectivity index (χ2v) is 9.27. The Bertz CT molecular complexity index is 1290. The third-order valence-electron chi connectivity index (χ3n) is 6.40. The number of amides is 3. The second kappa shape index (κ2) is 8.14. The van der Waals surface area contributed by atoms with E-state index in [9.17, 15) is 14.4 Å².